The van der Waals surface area contributed by atoms with Crippen LogP contribution in [0, 0.1) is 11.3 Å². The number of aromatic amines is 1. The second-order valence-electron chi connectivity index (χ2n) is 5.01. The summed E-state index contributed by atoms with van der Waals surface area (Å²) in [6.45, 7) is 0. The summed E-state index contributed by atoms with van der Waals surface area (Å²) in [5.41, 5.74) is 2.71. The summed E-state index contributed by atoms with van der Waals surface area (Å²) >= 11 is 3.38. The number of nitrogens with zero attached hydrogens (tertiary/aromatic N) is 3. The first-order valence-electron chi connectivity index (χ1n) is 7.10. The average molecular weight is 382 g/mol. The van der Waals surface area contributed by atoms with Crippen molar-refractivity contribution in [2.24, 2.45) is 0 Å². The molecular weight excluding hydrogens is 370 g/mol. The largest absolute Gasteiger partial charge is 0.305 e. The van der Waals surface area contributed by atoms with Gasteiger partial charge in [0, 0.05) is 16.2 Å². The van der Waals surface area contributed by atoms with Crippen molar-refractivity contribution in [1.82, 2.24) is 15.2 Å². The molecule has 0 radical (unpaired) electrons. The van der Waals surface area contributed by atoms with Gasteiger partial charge < -0.3 is 5.32 Å². The fourth-order valence-corrected chi connectivity index (χ4v) is 2.40. The van der Waals surface area contributed by atoms with Crippen LogP contribution in [0.25, 0.3) is 11.3 Å². The Bertz CT molecular complexity index is 911. The van der Waals surface area contributed by atoms with Crippen LogP contribution in [0.2, 0.25) is 0 Å². The molecule has 1 aromatic carbocycles. The van der Waals surface area contributed by atoms with E-state index in [9.17, 15) is 4.79 Å². The standard InChI is InChI=1S/C17H12BrN5O/c18-13-3-1-12(2-4-13)14-10-15(23-22-14)17(24)21-16-9-11(5-7-19)6-8-20-16/h1-4,6,8-10H,5H2,(H,22,23)(H,20,21,24). The number of aromatic nitrogens is 3. The number of nitrogens with one attached hydrogen (secondary N) is 2. The topological polar surface area (TPSA) is 94.5 Å². The quantitative estimate of drug-likeness (QED) is 0.722. The van der Waals surface area contributed by atoms with E-state index in [2.05, 4.69) is 42.5 Å². The number of hydrogen-bond donors (Lipinski definition) is 2. The molecule has 0 saturated carbocycles. The van der Waals surface area contributed by atoms with Crippen LogP contribution in [0.3, 0.4) is 0 Å². The van der Waals surface area contributed by atoms with Gasteiger partial charge in [-0.3, -0.25) is 9.89 Å². The smallest absolute Gasteiger partial charge is 0.274 e. The van der Waals surface area contributed by atoms with Crippen LogP contribution < -0.4 is 5.32 Å². The molecule has 7 heteroatoms. The molecule has 0 bridgehead atoms. The van der Waals surface area contributed by atoms with Gasteiger partial charge >= 0.3 is 0 Å². The van der Waals surface area contributed by atoms with E-state index in [-0.39, 0.29) is 12.3 Å². The molecule has 3 aromatic rings. The predicted octanol–water partition coefficient (Wildman–Crippen LogP) is 3.55. The molecule has 0 atom stereocenters. The third kappa shape index (κ3) is 3.67. The number of carbonyl (C=O) groups is 1. The van der Waals surface area contributed by atoms with Gasteiger partial charge in [0.1, 0.15) is 11.5 Å². The summed E-state index contributed by atoms with van der Waals surface area (Å²) < 4.78 is 0.975. The van der Waals surface area contributed by atoms with Gasteiger partial charge in [-0.2, -0.15) is 10.4 Å². The third-order valence-corrected chi connectivity index (χ3v) is 3.84. The highest BCUT2D eigenvalue weighted by molar-refractivity contribution is 9.10. The van der Waals surface area contributed by atoms with E-state index in [0.717, 1.165) is 15.6 Å². The summed E-state index contributed by atoms with van der Waals surface area (Å²) in [5.74, 6) is 0.0556. The zero-order chi connectivity index (χ0) is 16.9. The molecule has 0 saturated heterocycles. The molecule has 0 spiro atoms. The van der Waals surface area contributed by atoms with E-state index in [1.807, 2.05) is 24.3 Å². The van der Waals surface area contributed by atoms with Gasteiger partial charge in [-0.1, -0.05) is 28.1 Å². The van der Waals surface area contributed by atoms with Crippen molar-refractivity contribution in [3.63, 3.8) is 0 Å². The highest BCUT2D eigenvalue weighted by atomic mass is 79.9. The maximum absolute atomic E-state index is 12.3. The monoisotopic (exact) mass is 381 g/mol. The third-order valence-electron chi connectivity index (χ3n) is 3.31. The van der Waals surface area contributed by atoms with Crippen LogP contribution in [0.15, 0.2) is 53.1 Å². The van der Waals surface area contributed by atoms with Crippen LogP contribution in [0.1, 0.15) is 16.1 Å². The fourth-order valence-electron chi connectivity index (χ4n) is 2.13. The van der Waals surface area contributed by atoms with Gasteiger partial charge in [0.2, 0.25) is 0 Å². The number of anilines is 1. The maximum atomic E-state index is 12.3. The number of pyridine rings is 1. The van der Waals surface area contributed by atoms with Crippen molar-refractivity contribution in [2.45, 2.75) is 6.42 Å². The highest BCUT2D eigenvalue weighted by Crippen LogP contribution is 2.20. The summed E-state index contributed by atoms with van der Waals surface area (Å²) in [7, 11) is 0. The SMILES string of the molecule is N#CCc1ccnc(NC(=O)c2cc(-c3ccc(Br)cc3)n[nH]2)c1. The minimum atomic E-state index is -0.340. The first-order valence-corrected chi connectivity index (χ1v) is 7.89. The number of amides is 1. The zero-order valence-corrected chi connectivity index (χ0v) is 14.0. The molecule has 2 heterocycles. The summed E-state index contributed by atoms with van der Waals surface area (Å²) in [6.07, 6.45) is 1.83. The number of H-pyrrole nitrogens is 1. The Kier molecular flexibility index (Phi) is 4.68. The number of nitriles is 1. The van der Waals surface area contributed by atoms with E-state index in [1.165, 1.54) is 0 Å². The minimum absolute atomic E-state index is 0.267. The Morgan fingerprint density at radius 1 is 1.25 bits per heavy atom. The summed E-state index contributed by atoms with van der Waals surface area (Å²) in [5, 5.41) is 18.3. The lowest BCUT2D eigenvalue weighted by Crippen LogP contribution is -2.13. The number of carbonyl (C=O) groups excluding carboxylic acids is 1. The van der Waals surface area contributed by atoms with E-state index < -0.39 is 0 Å². The molecule has 2 aromatic heterocycles. The minimum Gasteiger partial charge on any atom is -0.305 e. The van der Waals surface area contributed by atoms with E-state index >= 15 is 0 Å². The molecule has 118 valence electrons. The molecule has 24 heavy (non-hydrogen) atoms. The van der Waals surface area contributed by atoms with Gasteiger partial charge in [-0.05, 0) is 35.9 Å². The van der Waals surface area contributed by atoms with Gasteiger partial charge in [0.15, 0.2) is 0 Å². The lowest BCUT2D eigenvalue weighted by molar-refractivity contribution is 0.102. The molecule has 0 aliphatic heterocycles. The predicted molar refractivity (Wildman–Crippen MR) is 93.2 cm³/mol. The Morgan fingerprint density at radius 3 is 2.79 bits per heavy atom. The molecule has 3 rings (SSSR count). The lowest BCUT2D eigenvalue weighted by Gasteiger charge is -2.03. The first kappa shape index (κ1) is 15.9. The van der Waals surface area contributed by atoms with Crippen LogP contribution in [-0.2, 0) is 6.42 Å². The summed E-state index contributed by atoms with van der Waals surface area (Å²) in [4.78, 5) is 16.4. The van der Waals surface area contributed by atoms with E-state index in [0.29, 0.717) is 17.2 Å². The Labute approximate surface area is 146 Å². The normalized spacial score (nSPS) is 10.2. The second-order valence-corrected chi connectivity index (χ2v) is 5.93. The van der Waals surface area contributed by atoms with Crippen LogP contribution in [0.4, 0.5) is 5.82 Å². The van der Waals surface area contributed by atoms with Crippen molar-refractivity contribution in [3.8, 4) is 17.3 Å². The van der Waals surface area contributed by atoms with Crippen molar-refractivity contribution < 1.29 is 4.79 Å². The van der Waals surface area contributed by atoms with Crippen LogP contribution in [-0.4, -0.2) is 21.1 Å². The Balaban J connectivity index is 1.75. The van der Waals surface area contributed by atoms with Crippen LogP contribution in [0.5, 0.6) is 0 Å². The van der Waals surface area contributed by atoms with Gasteiger partial charge in [0.05, 0.1) is 18.2 Å². The number of benzene rings is 1. The molecule has 1 amide bonds. The van der Waals surface area contributed by atoms with Crippen LogP contribution >= 0.6 is 15.9 Å². The van der Waals surface area contributed by atoms with Gasteiger partial charge in [0.25, 0.3) is 5.91 Å². The lowest BCUT2D eigenvalue weighted by atomic mass is 10.1. The Morgan fingerprint density at radius 2 is 2.04 bits per heavy atom. The molecule has 6 nitrogen and oxygen atoms in total. The second kappa shape index (κ2) is 7.06. The number of hydrogen-bond acceptors (Lipinski definition) is 4. The average Bonchev–Trinajstić information content (AvgIpc) is 3.06. The van der Waals surface area contributed by atoms with Crippen molar-refractivity contribution >= 4 is 27.7 Å². The first-order chi connectivity index (χ1) is 11.7. The van der Waals surface area contributed by atoms with E-state index in [4.69, 9.17) is 5.26 Å². The molecule has 0 fully saturated rings. The maximum Gasteiger partial charge on any atom is 0.274 e. The van der Waals surface area contributed by atoms with Gasteiger partial charge in [-0.25, -0.2) is 4.98 Å². The molecule has 0 aliphatic rings. The molecular formula is C17H12BrN5O. The zero-order valence-electron chi connectivity index (χ0n) is 12.5. The fraction of sp³-hybridized carbons (Fsp3) is 0.0588. The number of halogens is 1. The van der Waals surface area contributed by atoms with E-state index in [1.54, 1.807) is 24.4 Å². The molecule has 0 aliphatic carbocycles. The summed E-state index contributed by atoms with van der Waals surface area (Å²) in [6, 6.07) is 14.8. The Hall–Kier alpha value is -2.98. The van der Waals surface area contributed by atoms with Crippen molar-refractivity contribution in [2.75, 3.05) is 5.32 Å². The van der Waals surface area contributed by atoms with Gasteiger partial charge in [-0.15, -0.1) is 0 Å². The van der Waals surface area contributed by atoms with Crippen molar-refractivity contribution in [1.29, 1.82) is 5.26 Å². The molecule has 0 unspecified atom stereocenters. The highest BCUT2D eigenvalue weighted by Gasteiger charge is 2.12. The number of rotatable bonds is 4. The molecule has 2 N–H and O–H groups in total. The van der Waals surface area contributed by atoms with Crippen molar-refractivity contribution in [3.05, 3.63) is 64.4 Å².